The van der Waals surface area contributed by atoms with Crippen LogP contribution in [-0.4, -0.2) is 35.9 Å². The number of carbonyl (C=O) groups is 2. The van der Waals surface area contributed by atoms with Crippen molar-refractivity contribution in [2.45, 2.75) is 25.9 Å². The van der Waals surface area contributed by atoms with Gasteiger partial charge in [0.05, 0.1) is 19.2 Å². The van der Waals surface area contributed by atoms with Crippen molar-refractivity contribution in [2.75, 3.05) is 18.5 Å². The van der Waals surface area contributed by atoms with E-state index in [0.717, 1.165) is 16.9 Å². The third-order valence-electron chi connectivity index (χ3n) is 4.47. The highest BCUT2D eigenvalue weighted by atomic mass is 16.5. The first kappa shape index (κ1) is 17.9. The minimum absolute atomic E-state index is 0.106. The zero-order valence-corrected chi connectivity index (χ0v) is 14.8. The monoisotopic (exact) mass is 353 g/mol. The molecule has 0 bridgehead atoms. The average Bonchev–Trinajstić information content (AvgIpc) is 2.63. The Morgan fingerprint density at radius 2 is 1.85 bits per heavy atom. The zero-order chi connectivity index (χ0) is 18.5. The van der Waals surface area contributed by atoms with Crippen LogP contribution in [0.2, 0.25) is 0 Å². The highest BCUT2D eigenvalue weighted by molar-refractivity contribution is 5.93. The van der Waals surface area contributed by atoms with E-state index in [1.807, 2.05) is 48.2 Å². The molecule has 1 heterocycles. The first-order chi connectivity index (χ1) is 12.6. The first-order valence-electron chi connectivity index (χ1n) is 8.69. The number of fused-ring (bicyclic) bond motifs is 1. The van der Waals surface area contributed by atoms with Gasteiger partial charge in [0.25, 0.3) is 0 Å². The number of rotatable bonds is 6. The van der Waals surface area contributed by atoms with Gasteiger partial charge in [-0.05, 0) is 48.7 Å². The third kappa shape index (κ3) is 4.21. The molecule has 0 saturated carbocycles. The Hall–Kier alpha value is -2.86. The second kappa shape index (κ2) is 8.01. The van der Waals surface area contributed by atoms with Crippen molar-refractivity contribution in [2.24, 2.45) is 5.73 Å². The quantitative estimate of drug-likeness (QED) is 0.831. The maximum atomic E-state index is 12.4. The summed E-state index contributed by atoms with van der Waals surface area (Å²) in [5, 5.41) is 2.85. The van der Waals surface area contributed by atoms with E-state index >= 15 is 0 Å². The molecule has 1 aliphatic rings. The van der Waals surface area contributed by atoms with E-state index < -0.39 is 11.9 Å². The summed E-state index contributed by atoms with van der Waals surface area (Å²) in [4.78, 5) is 26.1. The molecule has 0 saturated heterocycles. The lowest BCUT2D eigenvalue weighted by Gasteiger charge is -2.34. The maximum absolute atomic E-state index is 12.4. The van der Waals surface area contributed by atoms with Crippen LogP contribution in [0.3, 0.4) is 0 Å². The number of benzene rings is 2. The van der Waals surface area contributed by atoms with Crippen molar-refractivity contribution < 1.29 is 14.3 Å². The summed E-state index contributed by atoms with van der Waals surface area (Å²) in [6.07, 6.45) is 0.530. The number of nitrogens with one attached hydrogen (secondary N) is 1. The lowest BCUT2D eigenvalue weighted by molar-refractivity contribution is -0.125. The van der Waals surface area contributed by atoms with Crippen LogP contribution in [-0.2, 0) is 22.6 Å². The molecule has 6 heteroatoms. The van der Waals surface area contributed by atoms with Crippen LogP contribution in [0, 0.1) is 0 Å². The van der Waals surface area contributed by atoms with Crippen molar-refractivity contribution in [3.63, 3.8) is 0 Å². The van der Waals surface area contributed by atoms with Crippen LogP contribution in [0.25, 0.3) is 0 Å². The summed E-state index contributed by atoms with van der Waals surface area (Å²) in [5.41, 5.74) is 8.48. The highest BCUT2D eigenvalue weighted by Gasteiger charge is 2.31. The molecule has 2 aromatic carbocycles. The van der Waals surface area contributed by atoms with Gasteiger partial charge in [0, 0.05) is 12.2 Å². The van der Waals surface area contributed by atoms with Gasteiger partial charge in [0.2, 0.25) is 11.8 Å². The van der Waals surface area contributed by atoms with Crippen molar-refractivity contribution in [3.05, 3.63) is 59.7 Å². The lowest BCUT2D eigenvalue weighted by atomic mass is 9.93. The minimum atomic E-state index is -0.476. The fourth-order valence-corrected chi connectivity index (χ4v) is 3.21. The highest BCUT2D eigenvalue weighted by Crippen LogP contribution is 2.23. The van der Waals surface area contributed by atoms with Gasteiger partial charge in [-0.3, -0.25) is 14.5 Å². The van der Waals surface area contributed by atoms with Crippen LogP contribution < -0.4 is 15.8 Å². The van der Waals surface area contributed by atoms with Gasteiger partial charge in [0.15, 0.2) is 0 Å². The van der Waals surface area contributed by atoms with Gasteiger partial charge in [-0.2, -0.15) is 0 Å². The minimum Gasteiger partial charge on any atom is -0.494 e. The predicted molar refractivity (Wildman–Crippen MR) is 99.8 cm³/mol. The van der Waals surface area contributed by atoms with Crippen molar-refractivity contribution in [3.8, 4) is 5.75 Å². The standard InChI is InChI=1S/C20H23N3O3/c1-2-26-17-9-7-16(8-10-17)22-19(24)13-23-12-15-6-4-3-5-14(15)11-18(23)20(21)25/h3-10,18H,2,11-13H2,1H3,(H2,21,25)(H,22,24)/t18-/m1/s1. The molecule has 0 radical (unpaired) electrons. The molecule has 0 aliphatic carbocycles. The Morgan fingerprint density at radius 1 is 1.15 bits per heavy atom. The van der Waals surface area contributed by atoms with E-state index in [2.05, 4.69) is 5.32 Å². The summed E-state index contributed by atoms with van der Waals surface area (Å²) in [6.45, 7) is 3.15. The van der Waals surface area contributed by atoms with E-state index in [9.17, 15) is 9.59 Å². The molecule has 3 rings (SSSR count). The second-order valence-electron chi connectivity index (χ2n) is 6.30. The van der Waals surface area contributed by atoms with Crippen molar-refractivity contribution in [1.82, 2.24) is 4.90 Å². The molecule has 1 aliphatic heterocycles. The molecule has 0 unspecified atom stereocenters. The molecule has 2 aromatic rings. The molecule has 6 nitrogen and oxygen atoms in total. The molecular formula is C20H23N3O3. The Balaban J connectivity index is 1.66. The van der Waals surface area contributed by atoms with Gasteiger partial charge in [0.1, 0.15) is 5.75 Å². The molecule has 2 amide bonds. The zero-order valence-electron chi connectivity index (χ0n) is 14.8. The molecule has 0 aromatic heterocycles. The molecule has 26 heavy (non-hydrogen) atoms. The molecule has 136 valence electrons. The fraction of sp³-hybridized carbons (Fsp3) is 0.300. The van der Waals surface area contributed by atoms with E-state index in [1.54, 1.807) is 12.1 Å². The second-order valence-corrected chi connectivity index (χ2v) is 6.30. The smallest absolute Gasteiger partial charge is 0.238 e. The number of anilines is 1. The molecular weight excluding hydrogens is 330 g/mol. The number of ether oxygens (including phenoxy) is 1. The molecule has 3 N–H and O–H groups in total. The number of nitrogens with zero attached hydrogens (tertiary/aromatic N) is 1. The van der Waals surface area contributed by atoms with E-state index in [-0.39, 0.29) is 12.5 Å². The average molecular weight is 353 g/mol. The Kier molecular flexibility index (Phi) is 5.53. The van der Waals surface area contributed by atoms with E-state index in [4.69, 9.17) is 10.5 Å². The van der Waals surface area contributed by atoms with Gasteiger partial charge >= 0.3 is 0 Å². The largest absolute Gasteiger partial charge is 0.494 e. The Labute approximate surface area is 152 Å². The summed E-state index contributed by atoms with van der Waals surface area (Å²) < 4.78 is 5.39. The van der Waals surface area contributed by atoms with Crippen LogP contribution in [0.4, 0.5) is 5.69 Å². The van der Waals surface area contributed by atoms with Crippen LogP contribution in [0.15, 0.2) is 48.5 Å². The van der Waals surface area contributed by atoms with Crippen LogP contribution in [0.1, 0.15) is 18.1 Å². The molecule has 0 spiro atoms. The summed E-state index contributed by atoms with van der Waals surface area (Å²) >= 11 is 0. The number of primary amides is 1. The number of hydrogen-bond donors (Lipinski definition) is 2. The topological polar surface area (TPSA) is 84.7 Å². The van der Waals surface area contributed by atoms with Crippen LogP contribution in [0.5, 0.6) is 5.75 Å². The van der Waals surface area contributed by atoms with E-state index in [0.29, 0.717) is 25.3 Å². The number of carbonyl (C=O) groups excluding carboxylic acids is 2. The summed E-state index contributed by atoms with van der Waals surface area (Å²) in [7, 11) is 0. The van der Waals surface area contributed by atoms with Crippen molar-refractivity contribution in [1.29, 1.82) is 0 Å². The summed E-state index contributed by atoms with van der Waals surface area (Å²) in [5.74, 6) is 0.167. The van der Waals surface area contributed by atoms with Crippen molar-refractivity contribution >= 4 is 17.5 Å². The maximum Gasteiger partial charge on any atom is 0.238 e. The van der Waals surface area contributed by atoms with Gasteiger partial charge < -0.3 is 15.8 Å². The summed E-state index contributed by atoms with van der Waals surface area (Å²) in [6, 6.07) is 14.7. The van der Waals surface area contributed by atoms with Gasteiger partial charge in [-0.25, -0.2) is 0 Å². The molecule has 0 fully saturated rings. The number of amides is 2. The van der Waals surface area contributed by atoms with Crippen LogP contribution >= 0.6 is 0 Å². The predicted octanol–water partition coefficient (Wildman–Crippen LogP) is 1.94. The molecule has 1 atom stereocenters. The third-order valence-corrected chi connectivity index (χ3v) is 4.47. The van der Waals surface area contributed by atoms with Gasteiger partial charge in [-0.15, -0.1) is 0 Å². The lowest BCUT2D eigenvalue weighted by Crippen LogP contribution is -2.50. The van der Waals surface area contributed by atoms with Gasteiger partial charge in [-0.1, -0.05) is 24.3 Å². The van der Waals surface area contributed by atoms with E-state index in [1.165, 1.54) is 0 Å². The number of nitrogens with two attached hydrogens (primary N) is 1. The number of hydrogen-bond acceptors (Lipinski definition) is 4. The normalized spacial score (nSPS) is 16.6. The fourth-order valence-electron chi connectivity index (χ4n) is 3.21. The first-order valence-corrected chi connectivity index (χ1v) is 8.69. The Morgan fingerprint density at radius 3 is 2.50 bits per heavy atom. The SMILES string of the molecule is CCOc1ccc(NC(=O)CN2Cc3ccccc3C[C@@H]2C(N)=O)cc1. The Bertz CT molecular complexity index is 789.